The number of hydrogen-bond acceptors (Lipinski definition) is 6. The van der Waals surface area contributed by atoms with Gasteiger partial charge in [-0.2, -0.15) is 26.3 Å². The van der Waals surface area contributed by atoms with Crippen molar-refractivity contribution in [1.82, 2.24) is 0 Å². The number of rotatable bonds is 9. The predicted octanol–water partition coefficient (Wildman–Crippen LogP) is 1.80. The number of likely N-dealkylation sites (N-methyl/N-ethyl adjacent to an activating group) is 1. The summed E-state index contributed by atoms with van der Waals surface area (Å²) in [7, 11) is -7.34. The first-order valence-electron chi connectivity index (χ1n) is 7.08. The van der Waals surface area contributed by atoms with Crippen molar-refractivity contribution in [3.63, 3.8) is 0 Å². The molecule has 166 valence electrons. The summed E-state index contributed by atoms with van der Waals surface area (Å²) in [6.07, 6.45) is 0. The summed E-state index contributed by atoms with van der Waals surface area (Å²) in [6.45, 7) is 6.63. The largest absolute Gasteiger partial charge is 0.480 e. The monoisotopic (exact) mass is 456 g/mol. The first kappa shape index (κ1) is 28.5. The third-order valence-corrected chi connectivity index (χ3v) is 5.65. The zero-order chi connectivity index (χ0) is 22.2. The average molecular weight is 456 g/mol. The summed E-state index contributed by atoms with van der Waals surface area (Å²) in [5.41, 5.74) is -12.4. The van der Waals surface area contributed by atoms with Crippen LogP contribution in [0.15, 0.2) is 0 Å². The quantitative estimate of drug-likeness (QED) is 0.298. The van der Waals surface area contributed by atoms with E-state index < -0.39 is 31.1 Å². The lowest BCUT2D eigenvalue weighted by atomic mass is 10.4. The minimum atomic E-state index is -6.72. The van der Waals surface area contributed by atoms with Crippen LogP contribution < -0.4 is 0 Å². The van der Waals surface area contributed by atoms with Gasteiger partial charge in [0.1, 0.15) is 6.54 Å². The van der Waals surface area contributed by atoms with Crippen LogP contribution in [0, 0.1) is 0 Å². The van der Waals surface area contributed by atoms with Crippen LogP contribution in [0.1, 0.15) is 6.92 Å². The minimum Gasteiger partial charge on any atom is -0.421 e. The maximum absolute atomic E-state index is 11.4. The lowest BCUT2D eigenvalue weighted by Gasteiger charge is -2.27. The van der Waals surface area contributed by atoms with Crippen LogP contribution in [-0.2, 0) is 29.5 Å². The van der Waals surface area contributed by atoms with E-state index in [1.807, 2.05) is 0 Å². The molecule has 0 unspecified atom stereocenters. The topological polar surface area (TPSA) is 101 Å². The Kier molecular flexibility index (Phi) is 11.4. The smallest absolute Gasteiger partial charge is 0.421 e. The third-order valence-electron chi connectivity index (χ3n) is 2.91. The molecule has 0 aromatic heterocycles. The van der Waals surface area contributed by atoms with E-state index in [2.05, 4.69) is 21.0 Å². The van der Waals surface area contributed by atoms with Crippen LogP contribution in [0.3, 0.4) is 0 Å². The molecule has 0 heterocycles. The van der Waals surface area contributed by atoms with Crippen molar-refractivity contribution in [3.8, 4) is 0 Å². The van der Waals surface area contributed by atoms with Gasteiger partial charge in [0.25, 0.3) is 0 Å². The molecule has 0 amide bonds. The number of methoxy groups -OCH3 is 1. The molecule has 0 rings (SSSR count). The number of nitrogens with zero attached hydrogens (tertiary/aromatic N) is 2. The Morgan fingerprint density at radius 1 is 0.852 bits per heavy atom. The molecule has 8 nitrogen and oxygen atoms in total. The van der Waals surface area contributed by atoms with Crippen molar-refractivity contribution in [3.05, 3.63) is 4.13 Å². The first-order chi connectivity index (χ1) is 11.8. The van der Waals surface area contributed by atoms with Gasteiger partial charge in [0.05, 0.1) is 40.5 Å². The van der Waals surface area contributed by atoms with Crippen LogP contribution in [0.25, 0.3) is 4.13 Å². The van der Waals surface area contributed by atoms with Gasteiger partial charge in [0.2, 0.25) is 0 Å². The lowest BCUT2D eigenvalue weighted by molar-refractivity contribution is -0.888. The van der Waals surface area contributed by atoms with Crippen molar-refractivity contribution < 1.29 is 57.1 Å². The zero-order valence-electron chi connectivity index (χ0n) is 15.0. The maximum atomic E-state index is 11.4. The fraction of sp³-hybridized carbons (Fsp3) is 1.00. The Hall–Kier alpha value is -0.680. The Labute approximate surface area is 154 Å². The number of ether oxygens (including phenoxy) is 2. The van der Waals surface area contributed by atoms with E-state index in [1.54, 1.807) is 7.11 Å². The number of halogens is 6. The van der Waals surface area contributed by atoms with Gasteiger partial charge in [-0.15, -0.1) is 0 Å². The molecule has 0 fully saturated rings. The summed E-state index contributed by atoms with van der Waals surface area (Å²) < 4.78 is 120. The van der Waals surface area contributed by atoms with Crippen LogP contribution in [0.4, 0.5) is 26.3 Å². The summed E-state index contributed by atoms with van der Waals surface area (Å²) >= 11 is 0. The molecule has 0 aromatic carbocycles. The summed E-state index contributed by atoms with van der Waals surface area (Å²) in [5.74, 6) is 0. The SMILES string of the molecule is CC[N+](C)(C)CCOCCOC.O=S(=O)([N-]S(=O)(=O)C(F)(F)F)C(F)(F)F. The van der Waals surface area contributed by atoms with E-state index in [0.717, 1.165) is 28.3 Å². The second-order valence-electron chi connectivity index (χ2n) is 5.50. The molecule has 0 spiro atoms. The van der Waals surface area contributed by atoms with Gasteiger partial charge >= 0.3 is 11.0 Å². The van der Waals surface area contributed by atoms with E-state index in [9.17, 15) is 43.2 Å². The summed E-state index contributed by atoms with van der Waals surface area (Å²) in [4.78, 5) is 0. The molecule has 0 radical (unpaired) electrons. The van der Waals surface area contributed by atoms with Crippen molar-refractivity contribution in [2.75, 3.05) is 54.1 Å². The van der Waals surface area contributed by atoms with E-state index in [1.165, 1.54) is 0 Å². The fourth-order valence-electron chi connectivity index (χ4n) is 0.928. The second kappa shape index (κ2) is 10.8. The highest BCUT2D eigenvalue weighted by atomic mass is 32.3. The molecule has 0 aromatic rings. The fourth-order valence-corrected chi connectivity index (χ4v) is 2.64. The van der Waals surface area contributed by atoms with Crippen LogP contribution in [0.2, 0.25) is 0 Å². The van der Waals surface area contributed by atoms with E-state index in [-0.39, 0.29) is 0 Å². The Balaban J connectivity index is 0. The molecule has 0 atom stereocenters. The number of quaternary nitrogens is 1. The van der Waals surface area contributed by atoms with Crippen LogP contribution in [-0.4, -0.2) is 86.5 Å². The van der Waals surface area contributed by atoms with Gasteiger partial charge < -0.3 is 18.1 Å². The molecule has 16 heteroatoms. The highest BCUT2D eigenvalue weighted by molar-refractivity contribution is 8.13. The highest BCUT2D eigenvalue weighted by Crippen LogP contribution is 2.36. The van der Waals surface area contributed by atoms with Crippen molar-refractivity contribution in [1.29, 1.82) is 0 Å². The third kappa shape index (κ3) is 11.7. The molecule has 0 aliphatic rings. The summed E-state index contributed by atoms with van der Waals surface area (Å²) in [6, 6.07) is 0. The molecule has 0 saturated heterocycles. The van der Waals surface area contributed by atoms with Gasteiger partial charge in [-0.3, -0.25) is 0 Å². The molecule has 27 heavy (non-hydrogen) atoms. The van der Waals surface area contributed by atoms with E-state index in [4.69, 9.17) is 9.47 Å². The normalized spacial score (nSPS) is 13.9. The van der Waals surface area contributed by atoms with Crippen molar-refractivity contribution in [2.45, 2.75) is 17.9 Å². The number of hydrogen-bond donors (Lipinski definition) is 0. The molecular weight excluding hydrogens is 434 g/mol. The van der Waals surface area contributed by atoms with Gasteiger partial charge in [-0.1, -0.05) is 0 Å². The van der Waals surface area contributed by atoms with Crippen LogP contribution in [0.5, 0.6) is 0 Å². The van der Waals surface area contributed by atoms with Gasteiger partial charge in [0.15, 0.2) is 20.0 Å². The minimum absolute atomic E-state index is 0.694. The predicted molar refractivity (Wildman–Crippen MR) is 83.5 cm³/mol. The van der Waals surface area contributed by atoms with Crippen molar-refractivity contribution >= 4 is 20.0 Å². The highest BCUT2D eigenvalue weighted by Gasteiger charge is 2.46. The molecule has 0 N–H and O–H groups in total. The van der Waals surface area contributed by atoms with Gasteiger partial charge in [0, 0.05) is 7.11 Å². The lowest BCUT2D eigenvalue weighted by Crippen LogP contribution is -2.42. The van der Waals surface area contributed by atoms with Crippen LogP contribution >= 0.6 is 0 Å². The Bertz CT molecular complexity index is 589. The van der Waals surface area contributed by atoms with E-state index >= 15 is 0 Å². The Morgan fingerprint density at radius 3 is 1.56 bits per heavy atom. The van der Waals surface area contributed by atoms with Gasteiger partial charge in [-0.25, -0.2) is 16.8 Å². The summed E-state index contributed by atoms with van der Waals surface area (Å²) in [5, 5.41) is 0. The zero-order valence-corrected chi connectivity index (χ0v) is 16.6. The second-order valence-corrected chi connectivity index (χ2v) is 8.92. The van der Waals surface area contributed by atoms with E-state index in [0.29, 0.717) is 13.2 Å². The molecule has 0 bridgehead atoms. The number of alkyl halides is 6. The molecule has 0 aliphatic heterocycles. The molecule has 0 saturated carbocycles. The Morgan fingerprint density at radius 2 is 1.26 bits per heavy atom. The first-order valence-corrected chi connectivity index (χ1v) is 9.96. The molecule has 0 aliphatic carbocycles. The maximum Gasteiger partial charge on any atom is 0.480 e. The number of sulfonamides is 2. The average Bonchev–Trinajstić information content (AvgIpc) is 2.44. The van der Waals surface area contributed by atoms with Crippen molar-refractivity contribution in [2.24, 2.45) is 0 Å². The standard InChI is InChI=1S/C9H22NO2.C2F6NO4S2/c1-5-10(2,3)6-7-12-9-8-11-4;3-1(4,5)14(10,11)9-15(12,13)2(6,7)8/h5-9H2,1-4H3;/q+1;-1. The molecular formula is C11H22F6N2O6S2. The van der Waals surface area contributed by atoms with Gasteiger partial charge in [-0.05, 0) is 6.92 Å².